The third-order valence-corrected chi connectivity index (χ3v) is 3.76. The summed E-state index contributed by atoms with van der Waals surface area (Å²) in [5.41, 5.74) is 1.86. The fraction of sp³-hybridized carbons (Fsp3) is 0.294. The zero-order chi connectivity index (χ0) is 16.8. The minimum Gasteiger partial charge on any atom is -0.353 e. The van der Waals surface area contributed by atoms with E-state index in [0.29, 0.717) is 28.2 Å². The van der Waals surface area contributed by atoms with Gasteiger partial charge in [0.2, 0.25) is 0 Å². The van der Waals surface area contributed by atoms with E-state index in [1.54, 1.807) is 36.5 Å². The maximum absolute atomic E-state index is 12.0. The highest BCUT2D eigenvalue weighted by molar-refractivity contribution is 6.36. The highest BCUT2D eigenvalue weighted by atomic mass is 35.5. The third-order valence-electron chi connectivity index (χ3n) is 3.21. The molecule has 0 aliphatic heterocycles. The fourth-order valence-electron chi connectivity index (χ4n) is 1.91. The van der Waals surface area contributed by atoms with Crippen LogP contribution in [0.2, 0.25) is 10.0 Å². The molecule has 1 aromatic carbocycles. The summed E-state index contributed by atoms with van der Waals surface area (Å²) in [7, 11) is 0. The average molecular weight is 352 g/mol. The lowest BCUT2D eigenvalue weighted by molar-refractivity contribution is 0.0947. The molecule has 0 radical (unpaired) electrons. The van der Waals surface area contributed by atoms with Gasteiger partial charge < -0.3 is 10.6 Å². The molecule has 2 aromatic rings. The second-order valence-electron chi connectivity index (χ2n) is 5.62. The van der Waals surface area contributed by atoms with Gasteiger partial charge in [0.05, 0.1) is 22.6 Å². The first kappa shape index (κ1) is 17.6. The quantitative estimate of drug-likeness (QED) is 0.777. The van der Waals surface area contributed by atoms with Crippen LogP contribution in [0.15, 0.2) is 36.5 Å². The standard InChI is InChI=1S/C17H19Cl2N3O/c1-11(2)7-8-20-17(23)16-6-4-13(10-21-16)22-15-5-3-12(18)9-14(15)19/h3-6,9-11,22H,7-8H2,1-2H3,(H,20,23). The number of hydrogen-bond donors (Lipinski definition) is 2. The minimum atomic E-state index is -0.165. The third kappa shape index (κ3) is 5.41. The van der Waals surface area contributed by atoms with Crippen LogP contribution in [0.5, 0.6) is 0 Å². The predicted molar refractivity (Wildman–Crippen MR) is 95.8 cm³/mol. The van der Waals surface area contributed by atoms with Crippen molar-refractivity contribution in [1.82, 2.24) is 10.3 Å². The molecule has 0 fully saturated rings. The predicted octanol–water partition coefficient (Wildman–Crippen LogP) is 4.91. The Morgan fingerprint density at radius 3 is 2.61 bits per heavy atom. The summed E-state index contributed by atoms with van der Waals surface area (Å²) in [6, 6.07) is 8.67. The molecule has 23 heavy (non-hydrogen) atoms. The first-order chi connectivity index (χ1) is 11.0. The molecule has 6 heteroatoms. The van der Waals surface area contributed by atoms with E-state index in [4.69, 9.17) is 23.2 Å². The molecule has 0 saturated heterocycles. The van der Waals surface area contributed by atoms with E-state index in [1.165, 1.54) is 0 Å². The molecule has 0 bridgehead atoms. The van der Waals surface area contributed by atoms with Gasteiger partial charge in [0, 0.05) is 11.6 Å². The van der Waals surface area contributed by atoms with Crippen LogP contribution in [0.4, 0.5) is 11.4 Å². The number of carbonyl (C=O) groups excluding carboxylic acids is 1. The number of halogens is 2. The summed E-state index contributed by atoms with van der Waals surface area (Å²) >= 11 is 12.0. The number of pyridine rings is 1. The van der Waals surface area contributed by atoms with Gasteiger partial charge in [0.15, 0.2) is 0 Å². The lowest BCUT2D eigenvalue weighted by Crippen LogP contribution is -2.26. The Kier molecular flexibility index (Phi) is 6.25. The summed E-state index contributed by atoms with van der Waals surface area (Å²) in [4.78, 5) is 16.1. The maximum atomic E-state index is 12.0. The Balaban J connectivity index is 1.97. The van der Waals surface area contributed by atoms with Gasteiger partial charge in [0.25, 0.3) is 5.91 Å². The van der Waals surface area contributed by atoms with Gasteiger partial charge in [-0.1, -0.05) is 37.0 Å². The van der Waals surface area contributed by atoms with Gasteiger partial charge in [-0.3, -0.25) is 4.79 Å². The number of nitrogens with one attached hydrogen (secondary N) is 2. The van der Waals surface area contributed by atoms with Crippen molar-refractivity contribution in [2.45, 2.75) is 20.3 Å². The molecule has 0 unspecified atom stereocenters. The number of anilines is 2. The average Bonchev–Trinajstić information content (AvgIpc) is 2.50. The summed E-state index contributed by atoms with van der Waals surface area (Å²) in [5.74, 6) is 0.390. The van der Waals surface area contributed by atoms with Gasteiger partial charge in [-0.2, -0.15) is 0 Å². The van der Waals surface area contributed by atoms with E-state index in [-0.39, 0.29) is 5.91 Å². The first-order valence-electron chi connectivity index (χ1n) is 7.42. The Hall–Kier alpha value is -1.78. The Bertz CT molecular complexity index is 672. The highest BCUT2D eigenvalue weighted by Crippen LogP contribution is 2.27. The largest absolute Gasteiger partial charge is 0.353 e. The molecule has 0 saturated carbocycles. The zero-order valence-corrected chi connectivity index (χ0v) is 14.6. The fourth-order valence-corrected chi connectivity index (χ4v) is 2.37. The van der Waals surface area contributed by atoms with Crippen LogP contribution in [0.1, 0.15) is 30.8 Å². The number of nitrogens with zero attached hydrogens (tertiary/aromatic N) is 1. The van der Waals surface area contributed by atoms with Gasteiger partial charge in [0.1, 0.15) is 5.69 Å². The molecule has 0 atom stereocenters. The van der Waals surface area contributed by atoms with Crippen molar-refractivity contribution in [2.24, 2.45) is 5.92 Å². The molecule has 1 heterocycles. The molecule has 1 amide bonds. The lowest BCUT2D eigenvalue weighted by atomic mass is 10.1. The summed E-state index contributed by atoms with van der Waals surface area (Å²) < 4.78 is 0. The molecule has 0 aliphatic rings. The second-order valence-corrected chi connectivity index (χ2v) is 6.46. The molecule has 4 nitrogen and oxygen atoms in total. The Morgan fingerprint density at radius 1 is 1.22 bits per heavy atom. The normalized spacial score (nSPS) is 10.7. The van der Waals surface area contributed by atoms with Crippen molar-refractivity contribution in [2.75, 3.05) is 11.9 Å². The molecule has 2 N–H and O–H groups in total. The maximum Gasteiger partial charge on any atom is 0.269 e. The van der Waals surface area contributed by atoms with Crippen molar-refractivity contribution in [3.05, 3.63) is 52.3 Å². The second kappa shape index (κ2) is 8.18. The molecular formula is C17H19Cl2N3O. The lowest BCUT2D eigenvalue weighted by Gasteiger charge is -2.10. The summed E-state index contributed by atoms with van der Waals surface area (Å²) in [6.07, 6.45) is 2.54. The van der Waals surface area contributed by atoms with Crippen molar-refractivity contribution in [1.29, 1.82) is 0 Å². The van der Waals surface area contributed by atoms with E-state index >= 15 is 0 Å². The van der Waals surface area contributed by atoms with Crippen LogP contribution < -0.4 is 10.6 Å². The van der Waals surface area contributed by atoms with Crippen molar-refractivity contribution in [3.8, 4) is 0 Å². The van der Waals surface area contributed by atoms with Crippen molar-refractivity contribution < 1.29 is 4.79 Å². The number of hydrogen-bond acceptors (Lipinski definition) is 3. The van der Waals surface area contributed by atoms with Crippen molar-refractivity contribution in [3.63, 3.8) is 0 Å². The molecule has 122 valence electrons. The first-order valence-corrected chi connectivity index (χ1v) is 8.17. The Morgan fingerprint density at radius 2 is 2.00 bits per heavy atom. The SMILES string of the molecule is CC(C)CCNC(=O)c1ccc(Nc2ccc(Cl)cc2Cl)cn1. The van der Waals surface area contributed by atoms with Crippen molar-refractivity contribution >= 4 is 40.5 Å². The minimum absolute atomic E-state index is 0.165. The van der Waals surface area contributed by atoms with Crippen LogP contribution in [0.25, 0.3) is 0 Å². The molecule has 0 aliphatic carbocycles. The number of rotatable bonds is 6. The van der Waals surface area contributed by atoms with Crippen LogP contribution >= 0.6 is 23.2 Å². The number of carbonyl (C=O) groups is 1. The van der Waals surface area contributed by atoms with Gasteiger partial charge in [-0.15, -0.1) is 0 Å². The number of aromatic nitrogens is 1. The van der Waals surface area contributed by atoms with E-state index in [2.05, 4.69) is 29.5 Å². The molecule has 0 spiro atoms. The summed E-state index contributed by atoms with van der Waals surface area (Å²) in [6.45, 7) is 4.89. The molecular weight excluding hydrogens is 333 g/mol. The van der Waals surface area contributed by atoms with Crippen LogP contribution in [-0.4, -0.2) is 17.4 Å². The van der Waals surface area contributed by atoms with Gasteiger partial charge in [-0.25, -0.2) is 4.98 Å². The number of amides is 1. The number of benzene rings is 1. The molecule has 1 aromatic heterocycles. The summed E-state index contributed by atoms with van der Waals surface area (Å²) in [5, 5.41) is 7.09. The topological polar surface area (TPSA) is 54.0 Å². The van der Waals surface area contributed by atoms with Crippen LogP contribution in [0.3, 0.4) is 0 Å². The van der Waals surface area contributed by atoms with Crippen LogP contribution in [-0.2, 0) is 0 Å². The van der Waals surface area contributed by atoms with E-state index in [1.807, 2.05) is 0 Å². The monoisotopic (exact) mass is 351 g/mol. The Labute approximate surface area is 146 Å². The molecule has 2 rings (SSSR count). The van der Waals surface area contributed by atoms with E-state index in [9.17, 15) is 4.79 Å². The van der Waals surface area contributed by atoms with Gasteiger partial charge in [-0.05, 0) is 42.7 Å². The van der Waals surface area contributed by atoms with Crippen LogP contribution in [0, 0.1) is 5.92 Å². The zero-order valence-electron chi connectivity index (χ0n) is 13.1. The highest BCUT2D eigenvalue weighted by Gasteiger charge is 2.08. The van der Waals surface area contributed by atoms with E-state index < -0.39 is 0 Å². The smallest absolute Gasteiger partial charge is 0.269 e. The van der Waals surface area contributed by atoms with E-state index in [0.717, 1.165) is 17.8 Å². The van der Waals surface area contributed by atoms with Gasteiger partial charge >= 0.3 is 0 Å².